The summed E-state index contributed by atoms with van der Waals surface area (Å²) < 4.78 is 24.7. The van der Waals surface area contributed by atoms with E-state index in [1.807, 2.05) is 17.9 Å². The second-order valence-corrected chi connectivity index (χ2v) is 5.90. The molecule has 1 aliphatic heterocycles. The first-order valence-corrected chi connectivity index (χ1v) is 8.48. The molecular formula is C18H22FN3O3. The quantitative estimate of drug-likeness (QED) is 0.872. The van der Waals surface area contributed by atoms with Crippen molar-refractivity contribution in [2.75, 3.05) is 26.3 Å². The van der Waals surface area contributed by atoms with Gasteiger partial charge in [-0.25, -0.2) is 4.39 Å². The third-order valence-electron chi connectivity index (χ3n) is 4.17. The molecule has 1 aromatic carbocycles. The lowest BCUT2D eigenvalue weighted by Crippen LogP contribution is -2.42. The number of nitrogens with zero attached hydrogens (tertiary/aromatic N) is 2. The van der Waals surface area contributed by atoms with Gasteiger partial charge in [-0.05, 0) is 18.2 Å². The fourth-order valence-corrected chi connectivity index (χ4v) is 2.78. The van der Waals surface area contributed by atoms with Gasteiger partial charge in [0.05, 0.1) is 25.5 Å². The zero-order valence-electron chi connectivity index (χ0n) is 14.2. The third kappa shape index (κ3) is 4.36. The molecule has 7 heteroatoms. The molecule has 1 saturated heterocycles. The Bertz CT molecular complexity index is 719. The summed E-state index contributed by atoms with van der Waals surface area (Å²) in [6.07, 6.45) is 0.846. The van der Waals surface area contributed by atoms with Crippen LogP contribution in [0.4, 0.5) is 4.39 Å². The molecule has 1 aromatic heterocycles. The third-order valence-corrected chi connectivity index (χ3v) is 4.17. The number of hydrogen-bond donors (Lipinski definition) is 1. The molecule has 3 rings (SSSR count). The highest BCUT2D eigenvalue weighted by Gasteiger charge is 2.26. The number of para-hydroxylation sites is 1. The topological polar surface area (TPSA) is 67.5 Å². The van der Waals surface area contributed by atoms with Crippen LogP contribution in [0, 0.1) is 5.82 Å². The number of carbonyl (C=O) groups excluding carboxylic acids is 1. The highest BCUT2D eigenvalue weighted by Crippen LogP contribution is 2.22. The Morgan fingerprint density at radius 2 is 2.32 bits per heavy atom. The summed E-state index contributed by atoms with van der Waals surface area (Å²) in [6, 6.07) is 8.24. The number of aromatic nitrogens is 2. The standard InChI is InChI=1S/C18H22FN3O3/c1-2-18(23)22-8-10-25-17(12-22)15-11-13(20-21-15)7-9-24-16-6-4-3-5-14(16)19/h3-6,11,17H,2,7-10,12H2,1H3,(H,20,21)/t17-/m1/s1. The molecule has 2 heterocycles. The van der Waals surface area contributed by atoms with E-state index in [2.05, 4.69) is 10.2 Å². The van der Waals surface area contributed by atoms with Crippen LogP contribution in [0.3, 0.4) is 0 Å². The first-order chi connectivity index (χ1) is 12.2. The predicted octanol–water partition coefficient (Wildman–Crippen LogP) is 2.48. The summed E-state index contributed by atoms with van der Waals surface area (Å²) in [5.74, 6) is -0.00184. The number of aromatic amines is 1. The van der Waals surface area contributed by atoms with Crippen molar-refractivity contribution in [1.82, 2.24) is 15.1 Å². The Morgan fingerprint density at radius 3 is 3.12 bits per heavy atom. The van der Waals surface area contributed by atoms with Gasteiger partial charge in [0.2, 0.25) is 5.91 Å². The number of morpholine rings is 1. The average Bonchev–Trinajstić information content (AvgIpc) is 3.12. The number of carbonyl (C=O) groups is 1. The molecule has 1 aliphatic rings. The zero-order chi connectivity index (χ0) is 17.6. The molecule has 1 amide bonds. The minimum atomic E-state index is -0.371. The Morgan fingerprint density at radius 1 is 1.48 bits per heavy atom. The maximum Gasteiger partial charge on any atom is 0.222 e. The molecule has 1 fully saturated rings. The van der Waals surface area contributed by atoms with Crippen LogP contribution in [0.5, 0.6) is 5.75 Å². The first-order valence-electron chi connectivity index (χ1n) is 8.48. The van der Waals surface area contributed by atoms with Crippen LogP contribution in [0.15, 0.2) is 30.3 Å². The summed E-state index contributed by atoms with van der Waals surface area (Å²) in [5.41, 5.74) is 1.66. The predicted molar refractivity (Wildman–Crippen MR) is 89.8 cm³/mol. The number of amides is 1. The van der Waals surface area contributed by atoms with E-state index in [1.165, 1.54) is 6.07 Å². The maximum absolute atomic E-state index is 13.5. The van der Waals surface area contributed by atoms with Crippen LogP contribution in [-0.2, 0) is 16.0 Å². The Balaban J connectivity index is 1.53. The van der Waals surface area contributed by atoms with Crippen LogP contribution in [0.1, 0.15) is 30.8 Å². The average molecular weight is 347 g/mol. The fraction of sp³-hybridized carbons (Fsp3) is 0.444. The van der Waals surface area contributed by atoms with Crippen LogP contribution in [-0.4, -0.2) is 47.3 Å². The number of hydrogen-bond acceptors (Lipinski definition) is 4. The van der Waals surface area contributed by atoms with Gasteiger partial charge in [-0.3, -0.25) is 9.89 Å². The second kappa shape index (κ2) is 8.11. The largest absolute Gasteiger partial charge is 0.490 e. The molecule has 0 unspecified atom stereocenters. The highest BCUT2D eigenvalue weighted by atomic mass is 19.1. The van der Waals surface area contributed by atoms with Gasteiger partial charge in [0.15, 0.2) is 11.6 Å². The highest BCUT2D eigenvalue weighted by molar-refractivity contribution is 5.75. The molecule has 134 valence electrons. The number of ether oxygens (including phenoxy) is 2. The lowest BCUT2D eigenvalue weighted by atomic mass is 10.1. The van der Waals surface area contributed by atoms with E-state index in [9.17, 15) is 9.18 Å². The maximum atomic E-state index is 13.5. The fourth-order valence-electron chi connectivity index (χ4n) is 2.78. The number of nitrogens with one attached hydrogen (secondary N) is 1. The summed E-state index contributed by atoms with van der Waals surface area (Å²) in [6.45, 7) is 3.85. The lowest BCUT2D eigenvalue weighted by Gasteiger charge is -2.32. The van der Waals surface area contributed by atoms with E-state index < -0.39 is 0 Å². The van der Waals surface area contributed by atoms with Crippen molar-refractivity contribution in [1.29, 1.82) is 0 Å². The molecule has 0 spiro atoms. The summed E-state index contributed by atoms with van der Waals surface area (Å²) in [5, 5.41) is 7.24. The summed E-state index contributed by atoms with van der Waals surface area (Å²) >= 11 is 0. The Labute approximate surface area is 145 Å². The van der Waals surface area contributed by atoms with E-state index in [0.29, 0.717) is 39.1 Å². The van der Waals surface area contributed by atoms with Gasteiger partial charge in [-0.1, -0.05) is 19.1 Å². The van der Waals surface area contributed by atoms with Gasteiger partial charge in [0.1, 0.15) is 6.10 Å². The minimum absolute atomic E-state index is 0.127. The molecule has 0 aliphatic carbocycles. The van der Waals surface area contributed by atoms with E-state index in [0.717, 1.165) is 11.4 Å². The van der Waals surface area contributed by atoms with Gasteiger partial charge in [-0.2, -0.15) is 5.10 Å². The monoisotopic (exact) mass is 347 g/mol. The minimum Gasteiger partial charge on any atom is -0.490 e. The number of halogens is 1. The van der Waals surface area contributed by atoms with Crippen LogP contribution >= 0.6 is 0 Å². The number of H-pyrrole nitrogens is 1. The van der Waals surface area contributed by atoms with E-state index in [4.69, 9.17) is 9.47 Å². The van der Waals surface area contributed by atoms with Crippen molar-refractivity contribution < 1.29 is 18.7 Å². The normalized spacial score (nSPS) is 17.5. The molecule has 0 bridgehead atoms. The molecule has 1 N–H and O–H groups in total. The van der Waals surface area contributed by atoms with Gasteiger partial charge in [0.25, 0.3) is 0 Å². The van der Waals surface area contributed by atoms with Gasteiger partial charge >= 0.3 is 0 Å². The van der Waals surface area contributed by atoms with E-state index in [-0.39, 0.29) is 23.6 Å². The second-order valence-electron chi connectivity index (χ2n) is 5.90. The van der Waals surface area contributed by atoms with Gasteiger partial charge in [-0.15, -0.1) is 0 Å². The van der Waals surface area contributed by atoms with Crippen LogP contribution in [0.25, 0.3) is 0 Å². The van der Waals surface area contributed by atoms with E-state index in [1.54, 1.807) is 18.2 Å². The summed E-state index contributed by atoms with van der Waals surface area (Å²) in [4.78, 5) is 13.7. The molecule has 0 radical (unpaired) electrons. The van der Waals surface area contributed by atoms with Crippen molar-refractivity contribution in [3.63, 3.8) is 0 Å². The van der Waals surface area contributed by atoms with Gasteiger partial charge in [0, 0.05) is 25.1 Å². The molecule has 0 saturated carbocycles. The van der Waals surface area contributed by atoms with Crippen LogP contribution in [0.2, 0.25) is 0 Å². The Hall–Kier alpha value is -2.41. The number of rotatable bonds is 6. The smallest absolute Gasteiger partial charge is 0.222 e. The zero-order valence-corrected chi connectivity index (χ0v) is 14.2. The SMILES string of the molecule is CCC(=O)N1CCO[C@@H](c2cc(CCOc3ccccc3F)[nH]n2)C1. The lowest BCUT2D eigenvalue weighted by molar-refractivity contribution is -0.138. The van der Waals surface area contributed by atoms with Crippen LogP contribution < -0.4 is 4.74 Å². The molecule has 1 atom stereocenters. The van der Waals surface area contributed by atoms with E-state index >= 15 is 0 Å². The van der Waals surface area contributed by atoms with Crippen molar-refractivity contribution in [3.8, 4) is 5.75 Å². The molecular weight excluding hydrogens is 325 g/mol. The van der Waals surface area contributed by atoms with Gasteiger partial charge < -0.3 is 14.4 Å². The Kier molecular flexibility index (Phi) is 5.65. The van der Waals surface area contributed by atoms with Crippen molar-refractivity contribution in [3.05, 3.63) is 47.5 Å². The van der Waals surface area contributed by atoms with Crippen molar-refractivity contribution in [2.45, 2.75) is 25.9 Å². The molecule has 6 nitrogen and oxygen atoms in total. The first kappa shape index (κ1) is 17.4. The molecule has 25 heavy (non-hydrogen) atoms. The van der Waals surface area contributed by atoms with Crippen molar-refractivity contribution >= 4 is 5.91 Å². The molecule has 2 aromatic rings. The number of benzene rings is 1. The summed E-state index contributed by atoms with van der Waals surface area (Å²) in [7, 11) is 0. The van der Waals surface area contributed by atoms with Crippen molar-refractivity contribution in [2.24, 2.45) is 0 Å².